The lowest BCUT2D eigenvalue weighted by atomic mass is 10.4. The van der Waals surface area contributed by atoms with Crippen molar-refractivity contribution < 1.29 is 28.8 Å². The Labute approximate surface area is 153 Å². The summed E-state index contributed by atoms with van der Waals surface area (Å²) in [6, 6.07) is 0. The summed E-state index contributed by atoms with van der Waals surface area (Å²) < 4.78 is 27.3. The molecule has 7 nitrogen and oxygen atoms in total. The number of hydrogen-bond acceptors (Lipinski definition) is 7. The van der Waals surface area contributed by atoms with Crippen molar-refractivity contribution in [3.8, 4) is 0 Å². The van der Waals surface area contributed by atoms with Crippen LogP contribution in [-0.4, -0.2) is 102 Å². The number of nitrogens with zero attached hydrogens (tertiary/aromatic N) is 1. The average Bonchev–Trinajstić information content (AvgIpc) is 2.63. The lowest BCUT2D eigenvalue weighted by Gasteiger charge is -2.22. The van der Waals surface area contributed by atoms with Gasteiger partial charge in [0.25, 0.3) is 0 Å². The molecule has 0 unspecified atom stereocenters. The number of hydrogen-bond donors (Lipinski definition) is 1. The Morgan fingerprint density at radius 2 is 0.880 bits per heavy atom. The molecule has 0 aromatic rings. The standard InChI is InChI=1S/C18H39NO6/c1-3-9-21-15-17-24-12-6-19(5-11-23-14-8-20)7-13-25-18-16-22-10-4-2/h20H,3-18H2,1-2H3. The van der Waals surface area contributed by atoms with Gasteiger partial charge in [-0.2, -0.15) is 0 Å². The lowest BCUT2D eigenvalue weighted by molar-refractivity contribution is 0.0153. The molecule has 0 heterocycles. The molecule has 152 valence electrons. The molecule has 0 aromatic carbocycles. The van der Waals surface area contributed by atoms with Crippen LogP contribution in [0.15, 0.2) is 0 Å². The van der Waals surface area contributed by atoms with Crippen molar-refractivity contribution >= 4 is 0 Å². The molecule has 1 N–H and O–H groups in total. The van der Waals surface area contributed by atoms with E-state index in [1.54, 1.807) is 0 Å². The van der Waals surface area contributed by atoms with Gasteiger partial charge in [0.15, 0.2) is 0 Å². The zero-order valence-corrected chi connectivity index (χ0v) is 16.2. The molecule has 0 radical (unpaired) electrons. The number of aliphatic hydroxyl groups is 1. The van der Waals surface area contributed by atoms with Crippen molar-refractivity contribution in [3.63, 3.8) is 0 Å². The Hall–Kier alpha value is -0.280. The van der Waals surface area contributed by atoms with Crippen LogP contribution >= 0.6 is 0 Å². The molecule has 0 aliphatic carbocycles. The van der Waals surface area contributed by atoms with Crippen LogP contribution in [0.5, 0.6) is 0 Å². The fourth-order valence-electron chi connectivity index (χ4n) is 2.02. The van der Waals surface area contributed by atoms with Crippen LogP contribution in [0.1, 0.15) is 26.7 Å². The van der Waals surface area contributed by atoms with Crippen molar-refractivity contribution in [2.24, 2.45) is 0 Å². The predicted octanol–water partition coefficient (Wildman–Crippen LogP) is 1.18. The maximum atomic E-state index is 8.75. The normalized spacial score (nSPS) is 11.5. The van der Waals surface area contributed by atoms with Gasteiger partial charge in [-0.25, -0.2) is 0 Å². The van der Waals surface area contributed by atoms with Crippen LogP contribution in [-0.2, 0) is 23.7 Å². The van der Waals surface area contributed by atoms with Crippen LogP contribution in [0.25, 0.3) is 0 Å². The van der Waals surface area contributed by atoms with Gasteiger partial charge < -0.3 is 28.8 Å². The highest BCUT2D eigenvalue weighted by atomic mass is 16.5. The van der Waals surface area contributed by atoms with Gasteiger partial charge in [0, 0.05) is 32.8 Å². The Kier molecular flexibility index (Phi) is 21.5. The second kappa shape index (κ2) is 21.8. The first-order chi connectivity index (χ1) is 12.3. The van der Waals surface area contributed by atoms with Crippen molar-refractivity contribution in [2.45, 2.75) is 26.7 Å². The van der Waals surface area contributed by atoms with Gasteiger partial charge in [-0.3, -0.25) is 4.90 Å². The fourth-order valence-corrected chi connectivity index (χ4v) is 2.02. The second-order valence-electron chi connectivity index (χ2n) is 5.63. The third-order valence-electron chi connectivity index (χ3n) is 3.33. The van der Waals surface area contributed by atoms with E-state index >= 15 is 0 Å². The largest absolute Gasteiger partial charge is 0.394 e. The van der Waals surface area contributed by atoms with Gasteiger partial charge in [-0.1, -0.05) is 13.8 Å². The van der Waals surface area contributed by atoms with E-state index in [1.807, 2.05) is 0 Å². The van der Waals surface area contributed by atoms with Crippen molar-refractivity contribution in [2.75, 3.05) is 92.3 Å². The summed E-state index contributed by atoms with van der Waals surface area (Å²) in [7, 11) is 0. The molecule has 0 aromatic heterocycles. The summed E-state index contributed by atoms with van der Waals surface area (Å²) in [5.74, 6) is 0. The maximum absolute atomic E-state index is 8.75. The highest BCUT2D eigenvalue weighted by Gasteiger charge is 2.05. The molecule has 0 bridgehead atoms. The Morgan fingerprint density at radius 1 is 0.520 bits per heavy atom. The maximum Gasteiger partial charge on any atom is 0.0701 e. The molecular formula is C18H39NO6. The van der Waals surface area contributed by atoms with E-state index in [0.29, 0.717) is 52.9 Å². The van der Waals surface area contributed by atoms with Crippen LogP contribution in [0, 0.1) is 0 Å². The topological polar surface area (TPSA) is 69.6 Å². The van der Waals surface area contributed by atoms with E-state index in [1.165, 1.54) is 0 Å². The summed E-state index contributed by atoms with van der Waals surface area (Å²) in [4.78, 5) is 2.25. The van der Waals surface area contributed by atoms with Crippen LogP contribution in [0.3, 0.4) is 0 Å². The quantitative estimate of drug-likeness (QED) is 0.306. The molecular weight excluding hydrogens is 326 g/mol. The molecule has 0 rings (SSSR count). The molecule has 0 spiro atoms. The highest BCUT2D eigenvalue weighted by Crippen LogP contribution is 1.92. The first kappa shape index (κ1) is 24.7. The number of rotatable bonds is 21. The van der Waals surface area contributed by atoms with Crippen molar-refractivity contribution in [1.29, 1.82) is 0 Å². The minimum Gasteiger partial charge on any atom is -0.394 e. The summed E-state index contributed by atoms with van der Waals surface area (Å²) in [5, 5.41) is 8.75. The van der Waals surface area contributed by atoms with Gasteiger partial charge >= 0.3 is 0 Å². The van der Waals surface area contributed by atoms with E-state index in [4.69, 9.17) is 28.8 Å². The predicted molar refractivity (Wildman–Crippen MR) is 98.2 cm³/mol. The third kappa shape index (κ3) is 19.9. The molecule has 0 aliphatic rings. The van der Waals surface area contributed by atoms with E-state index < -0.39 is 0 Å². The lowest BCUT2D eigenvalue weighted by Crippen LogP contribution is -2.34. The van der Waals surface area contributed by atoms with E-state index in [0.717, 1.165) is 45.7 Å². The fraction of sp³-hybridized carbons (Fsp3) is 1.00. The summed E-state index contributed by atoms with van der Waals surface area (Å²) in [5.41, 5.74) is 0. The minimum absolute atomic E-state index is 0.0573. The molecule has 0 atom stereocenters. The Morgan fingerprint density at radius 3 is 1.24 bits per heavy atom. The zero-order chi connectivity index (χ0) is 18.4. The van der Waals surface area contributed by atoms with Crippen molar-refractivity contribution in [3.05, 3.63) is 0 Å². The summed E-state index contributed by atoms with van der Waals surface area (Å²) in [6.07, 6.45) is 2.07. The highest BCUT2D eigenvalue weighted by molar-refractivity contribution is 4.57. The summed E-state index contributed by atoms with van der Waals surface area (Å²) >= 11 is 0. The third-order valence-corrected chi connectivity index (χ3v) is 3.33. The van der Waals surface area contributed by atoms with Gasteiger partial charge in [0.1, 0.15) is 0 Å². The Bertz CT molecular complexity index is 228. The zero-order valence-electron chi connectivity index (χ0n) is 16.2. The Balaban J connectivity index is 3.71. The van der Waals surface area contributed by atoms with E-state index in [2.05, 4.69) is 18.7 Å². The molecule has 25 heavy (non-hydrogen) atoms. The monoisotopic (exact) mass is 365 g/mol. The number of ether oxygens (including phenoxy) is 5. The van der Waals surface area contributed by atoms with Gasteiger partial charge in [-0.15, -0.1) is 0 Å². The molecule has 0 fully saturated rings. The van der Waals surface area contributed by atoms with Crippen molar-refractivity contribution in [1.82, 2.24) is 4.90 Å². The van der Waals surface area contributed by atoms with Gasteiger partial charge in [0.2, 0.25) is 0 Å². The molecule has 0 aliphatic heterocycles. The smallest absolute Gasteiger partial charge is 0.0701 e. The molecule has 0 saturated carbocycles. The first-order valence-electron chi connectivity index (χ1n) is 9.57. The second-order valence-corrected chi connectivity index (χ2v) is 5.63. The van der Waals surface area contributed by atoms with Crippen LogP contribution in [0.4, 0.5) is 0 Å². The van der Waals surface area contributed by atoms with Gasteiger partial charge in [0.05, 0.1) is 59.5 Å². The molecule has 7 heteroatoms. The average molecular weight is 366 g/mol. The van der Waals surface area contributed by atoms with Gasteiger partial charge in [-0.05, 0) is 12.8 Å². The molecule has 0 saturated heterocycles. The minimum atomic E-state index is 0.0573. The van der Waals surface area contributed by atoms with E-state index in [9.17, 15) is 0 Å². The number of aliphatic hydroxyl groups excluding tert-OH is 1. The van der Waals surface area contributed by atoms with Crippen LogP contribution in [0.2, 0.25) is 0 Å². The molecule has 0 amide bonds. The first-order valence-corrected chi connectivity index (χ1v) is 9.57. The van der Waals surface area contributed by atoms with Crippen LogP contribution < -0.4 is 0 Å². The SMILES string of the molecule is CCCOCCOCCN(CCOCCO)CCOCCOCCC. The van der Waals surface area contributed by atoms with E-state index in [-0.39, 0.29) is 6.61 Å². The summed E-state index contributed by atoms with van der Waals surface area (Å²) in [6.45, 7) is 13.1.